The summed E-state index contributed by atoms with van der Waals surface area (Å²) < 4.78 is 0. The maximum absolute atomic E-state index is 9.10. The van der Waals surface area contributed by atoms with Crippen LogP contribution < -0.4 is 0 Å². The van der Waals surface area contributed by atoms with Crippen LogP contribution in [-0.2, 0) is 0 Å². The van der Waals surface area contributed by atoms with Crippen LogP contribution in [0.15, 0.2) is 65.8 Å². The SMILES string of the molecule is O/N=C1\CC[C@@H](c2ccccc2)[C@H](c2ccccc2)C1. The van der Waals surface area contributed by atoms with Crippen molar-refractivity contribution in [3.05, 3.63) is 71.8 Å². The number of benzene rings is 2. The van der Waals surface area contributed by atoms with Crippen LogP contribution in [0.5, 0.6) is 0 Å². The van der Waals surface area contributed by atoms with Crippen LogP contribution in [0.1, 0.15) is 42.2 Å². The first-order chi connectivity index (χ1) is 9.88. The summed E-state index contributed by atoms with van der Waals surface area (Å²) in [5.74, 6) is 0.905. The van der Waals surface area contributed by atoms with E-state index in [0.717, 1.165) is 25.0 Å². The highest BCUT2D eigenvalue weighted by atomic mass is 16.4. The average Bonchev–Trinajstić information content (AvgIpc) is 2.56. The number of nitrogens with zero attached hydrogens (tertiary/aromatic N) is 1. The summed E-state index contributed by atoms with van der Waals surface area (Å²) in [7, 11) is 0. The van der Waals surface area contributed by atoms with Crippen molar-refractivity contribution in [2.45, 2.75) is 31.1 Å². The minimum atomic E-state index is 0.401. The second kappa shape index (κ2) is 5.91. The van der Waals surface area contributed by atoms with Crippen molar-refractivity contribution in [3.63, 3.8) is 0 Å². The zero-order valence-corrected chi connectivity index (χ0v) is 11.4. The topological polar surface area (TPSA) is 32.6 Å². The van der Waals surface area contributed by atoms with Gasteiger partial charge >= 0.3 is 0 Å². The summed E-state index contributed by atoms with van der Waals surface area (Å²) in [6, 6.07) is 21.3. The monoisotopic (exact) mass is 265 g/mol. The summed E-state index contributed by atoms with van der Waals surface area (Å²) in [6.45, 7) is 0. The molecule has 0 heterocycles. The molecule has 0 unspecified atom stereocenters. The zero-order chi connectivity index (χ0) is 13.8. The molecule has 0 bridgehead atoms. The number of oxime groups is 1. The maximum atomic E-state index is 9.10. The largest absolute Gasteiger partial charge is 0.411 e. The van der Waals surface area contributed by atoms with E-state index in [4.69, 9.17) is 5.21 Å². The molecule has 2 atom stereocenters. The van der Waals surface area contributed by atoms with Crippen molar-refractivity contribution in [3.8, 4) is 0 Å². The molecule has 1 aliphatic carbocycles. The molecule has 0 aliphatic heterocycles. The molecule has 2 aromatic carbocycles. The fraction of sp³-hybridized carbons (Fsp3) is 0.278. The molecule has 1 aliphatic rings. The Morgan fingerprint density at radius 3 is 1.90 bits per heavy atom. The Kier molecular flexibility index (Phi) is 3.82. The highest BCUT2D eigenvalue weighted by Gasteiger charge is 2.30. The Balaban J connectivity index is 1.95. The van der Waals surface area contributed by atoms with Gasteiger partial charge in [0.05, 0.1) is 5.71 Å². The Hall–Kier alpha value is -2.09. The van der Waals surface area contributed by atoms with Gasteiger partial charge in [-0.15, -0.1) is 0 Å². The lowest BCUT2D eigenvalue weighted by atomic mass is 9.71. The number of hydrogen-bond acceptors (Lipinski definition) is 2. The Bertz CT molecular complexity index is 577. The summed E-state index contributed by atoms with van der Waals surface area (Å²) in [5.41, 5.74) is 3.64. The summed E-state index contributed by atoms with van der Waals surface area (Å²) in [4.78, 5) is 0. The third kappa shape index (κ3) is 2.60. The van der Waals surface area contributed by atoms with E-state index >= 15 is 0 Å². The molecule has 0 aromatic heterocycles. The second-order valence-corrected chi connectivity index (χ2v) is 5.44. The van der Waals surface area contributed by atoms with Crippen LogP contribution in [0.4, 0.5) is 0 Å². The van der Waals surface area contributed by atoms with E-state index < -0.39 is 0 Å². The lowest BCUT2D eigenvalue weighted by Gasteiger charge is -2.32. The van der Waals surface area contributed by atoms with Gasteiger partial charge in [-0.2, -0.15) is 0 Å². The lowest BCUT2D eigenvalue weighted by molar-refractivity contribution is 0.311. The van der Waals surface area contributed by atoms with Gasteiger partial charge in [-0.1, -0.05) is 65.8 Å². The minimum absolute atomic E-state index is 0.401. The van der Waals surface area contributed by atoms with Crippen LogP contribution >= 0.6 is 0 Å². The van der Waals surface area contributed by atoms with Crippen LogP contribution in [0.3, 0.4) is 0 Å². The molecule has 2 aromatic rings. The van der Waals surface area contributed by atoms with Crippen molar-refractivity contribution >= 4 is 5.71 Å². The van der Waals surface area contributed by atoms with Gasteiger partial charge in [-0.05, 0) is 42.2 Å². The van der Waals surface area contributed by atoms with Gasteiger partial charge < -0.3 is 5.21 Å². The first-order valence-corrected chi connectivity index (χ1v) is 7.18. The second-order valence-electron chi connectivity index (χ2n) is 5.44. The van der Waals surface area contributed by atoms with E-state index in [-0.39, 0.29) is 0 Å². The first-order valence-electron chi connectivity index (χ1n) is 7.18. The zero-order valence-electron chi connectivity index (χ0n) is 11.4. The van der Waals surface area contributed by atoms with Crippen molar-refractivity contribution < 1.29 is 5.21 Å². The average molecular weight is 265 g/mol. The Morgan fingerprint density at radius 1 is 0.800 bits per heavy atom. The summed E-state index contributed by atoms with van der Waals surface area (Å²) in [6.07, 6.45) is 2.78. The molecule has 0 amide bonds. The number of hydrogen-bond donors (Lipinski definition) is 1. The predicted molar refractivity (Wildman–Crippen MR) is 81.4 cm³/mol. The molecule has 2 heteroatoms. The van der Waals surface area contributed by atoms with Crippen LogP contribution in [0.2, 0.25) is 0 Å². The van der Waals surface area contributed by atoms with Crippen molar-refractivity contribution in [2.24, 2.45) is 5.16 Å². The van der Waals surface area contributed by atoms with Gasteiger partial charge in [0.15, 0.2) is 0 Å². The molecule has 1 saturated carbocycles. The maximum Gasteiger partial charge on any atom is 0.0577 e. The van der Waals surface area contributed by atoms with Gasteiger partial charge in [0.2, 0.25) is 0 Å². The first kappa shape index (κ1) is 12.9. The number of rotatable bonds is 2. The summed E-state index contributed by atoms with van der Waals surface area (Å²) in [5, 5.41) is 12.6. The normalized spacial score (nSPS) is 24.7. The highest BCUT2D eigenvalue weighted by molar-refractivity contribution is 5.85. The highest BCUT2D eigenvalue weighted by Crippen LogP contribution is 2.42. The predicted octanol–water partition coefficient (Wildman–Crippen LogP) is 4.57. The van der Waals surface area contributed by atoms with Crippen LogP contribution in [0.25, 0.3) is 0 Å². The molecule has 3 rings (SSSR count). The fourth-order valence-electron chi connectivity index (χ4n) is 3.26. The van der Waals surface area contributed by atoms with Gasteiger partial charge in [0.1, 0.15) is 0 Å². The molecule has 0 radical (unpaired) electrons. The van der Waals surface area contributed by atoms with Gasteiger partial charge in [0, 0.05) is 0 Å². The summed E-state index contributed by atoms with van der Waals surface area (Å²) >= 11 is 0. The fourth-order valence-corrected chi connectivity index (χ4v) is 3.26. The van der Waals surface area contributed by atoms with Crippen molar-refractivity contribution in [1.82, 2.24) is 0 Å². The molecule has 102 valence electrons. The quantitative estimate of drug-likeness (QED) is 0.626. The van der Waals surface area contributed by atoms with E-state index in [9.17, 15) is 0 Å². The van der Waals surface area contributed by atoms with E-state index in [0.29, 0.717) is 11.8 Å². The van der Waals surface area contributed by atoms with E-state index in [2.05, 4.69) is 59.8 Å². The van der Waals surface area contributed by atoms with Gasteiger partial charge in [0.25, 0.3) is 0 Å². The molecule has 0 spiro atoms. The Morgan fingerprint density at radius 2 is 1.35 bits per heavy atom. The third-order valence-electron chi connectivity index (χ3n) is 4.28. The van der Waals surface area contributed by atoms with Crippen molar-refractivity contribution in [2.75, 3.05) is 0 Å². The Labute approximate surface area is 119 Å². The van der Waals surface area contributed by atoms with Crippen LogP contribution in [-0.4, -0.2) is 10.9 Å². The molecular weight excluding hydrogens is 246 g/mol. The smallest absolute Gasteiger partial charge is 0.0577 e. The lowest BCUT2D eigenvalue weighted by Crippen LogP contribution is -2.22. The van der Waals surface area contributed by atoms with Crippen molar-refractivity contribution in [1.29, 1.82) is 0 Å². The molecule has 20 heavy (non-hydrogen) atoms. The van der Waals surface area contributed by atoms with E-state index in [1.807, 2.05) is 6.07 Å². The molecule has 1 fully saturated rings. The minimum Gasteiger partial charge on any atom is -0.411 e. The standard InChI is InChI=1S/C18H19NO/c20-19-16-11-12-17(14-7-3-1-4-8-14)18(13-16)15-9-5-2-6-10-15/h1-10,17-18,20H,11-13H2/b19-16+/t17-,18-/m0/s1. The molecule has 0 saturated heterocycles. The van der Waals surface area contributed by atoms with Gasteiger partial charge in [-0.3, -0.25) is 0 Å². The van der Waals surface area contributed by atoms with Crippen LogP contribution in [0, 0.1) is 0 Å². The van der Waals surface area contributed by atoms with E-state index in [1.54, 1.807) is 0 Å². The van der Waals surface area contributed by atoms with Gasteiger partial charge in [-0.25, -0.2) is 0 Å². The molecular formula is C18H19NO. The van der Waals surface area contributed by atoms with E-state index in [1.165, 1.54) is 11.1 Å². The molecule has 2 nitrogen and oxygen atoms in total. The molecule has 1 N–H and O–H groups in total. The third-order valence-corrected chi connectivity index (χ3v) is 4.28.